The van der Waals surface area contributed by atoms with E-state index < -0.39 is 0 Å². The molecule has 0 radical (unpaired) electrons. The molecule has 3 heterocycles. The molecule has 4 aromatic rings. The molecule has 3 aromatic heterocycles. The first-order valence-electron chi connectivity index (χ1n) is 8.22. The van der Waals surface area contributed by atoms with Gasteiger partial charge in [0.15, 0.2) is 16.1 Å². The number of fused-ring (bicyclic) bond motifs is 1. The topological polar surface area (TPSA) is 89.7 Å². The molecule has 0 saturated carbocycles. The Bertz CT molecular complexity index is 1120. The lowest BCUT2D eigenvalue weighted by molar-refractivity contribution is 0.0785. The second-order valence-electron chi connectivity index (χ2n) is 6.12. The number of amides is 1. The van der Waals surface area contributed by atoms with Crippen molar-refractivity contribution in [1.29, 1.82) is 0 Å². The van der Waals surface area contributed by atoms with E-state index in [1.165, 1.54) is 4.52 Å². The summed E-state index contributed by atoms with van der Waals surface area (Å²) in [5.74, 6) is 1.10. The monoisotopic (exact) mass is 425 g/mol. The first kappa shape index (κ1) is 17.3. The summed E-state index contributed by atoms with van der Waals surface area (Å²) in [4.78, 5) is 18.9. The minimum Gasteiger partial charge on any atom is -0.446 e. The van der Waals surface area contributed by atoms with Crippen LogP contribution in [0.15, 0.2) is 63.7 Å². The van der Waals surface area contributed by atoms with Gasteiger partial charge in [0.25, 0.3) is 5.91 Å². The van der Waals surface area contributed by atoms with Crippen LogP contribution in [-0.2, 0) is 6.54 Å². The third-order valence-corrected chi connectivity index (χ3v) is 4.54. The maximum absolute atomic E-state index is 12.8. The van der Waals surface area contributed by atoms with E-state index in [0.29, 0.717) is 39.8 Å². The van der Waals surface area contributed by atoms with Gasteiger partial charge in [-0.25, -0.2) is 4.98 Å². The molecule has 0 unspecified atom stereocenters. The number of nitrogen functional groups attached to an aromatic ring is 1. The first-order chi connectivity index (χ1) is 13.0. The molecule has 8 heteroatoms. The molecule has 0 aliphatic heterocycles. The van der Waals surface area contributed by atoms with Gasteiger partial charge in [-0.05, 0) is 45.8 Å². The molecule has 1 aromatic carbocycles. The third-order valence-electron chi connectivity index (χ3n) is 4.11. The summed E-state index contributed by atoms with van der Waals surface area (Å²) in [6.45, 7) is 0.503. The average Bonchev–Trinajstić information content (AvgIpc) is 3.28. The zero-order valence-corrected chi connectivity index (χ0v) is 16.0. The van der Waals surface area contributed by atoms with Crippen molar-refractivity contribution in [3.63, 3.8) is 0 Å². The predicted octanol–water partition coefficient (Wildman–Crippen LogP) is 3.61. The van der Waals surface area contributed by atoms with Gasteiger partial charge in [0.1, 0.15) is 5.82 Å². The number of pyridine rings is 1. The Morgan fingerprint density at radius 3 is 2.70 bits per heavy atom. The molecule has 0 aliphatic carbocycles. The van der Waals surface area contributed by atoms with E-state index in [1.807, 2.05) is 30.3 Å². The Kier molecular flexibility index (Phi) is 4.41. The third kappa shape index (κ3) is 3.43. The summed E-state index contributed by atoms with van der Waals surface area (Å²) in [7, 11) is 1.76. The van der Waals surface area contributed by atoms with Crippen LogP contribution in [0.25, 0.3) is 17.2 Å². The number of carbonyl (C=O) groups is 1. The molecule has 2 N–H and O–H groups in total. The zero-order valence-electron chi connectivity index (χ0n) is 14.5. The number of hydrogen-bond acceptors (Lipinski definition) is 5. The fourth-order valence-electron chi connectivity index (χ4n) is 2.82. The molecule has 0 spiro atoms. The average molecular weight is 426 g/mol. The Labute approximate surface area is 163 Å². The van der Waals surface area contributed by atoms with Crippen LogP contribution in [0.3, 0.4) is 0 Å². The van der Waals surface area contributed by atoms with Gasteiger partial charge >= 0.3 is 0 Å². The van der Waals surface area contributed by atoms with Crippen molar-refractivity contribution < 1.29 is 9.21 Å². The van der Waals surface area contributed by atoms with Crippen molar-refractivity contribution in [3.05, 3.63) is 70.4 Å². The zero-order chi connectivity index (χ0) is 19.0. The number of halogens is 1. The van der Waals surface area contributed by atoms with Gasteiger partial charge in [-0.2, -0.15) is 4.52 Å². The van der Waals surface area contributed by atoms with Crippen LogP contribution < -0.4 is 5.73 Å². The number of furan rings is 1. The highest BCUT2D eigenvalue weighted by Crippen LogP contribution is 2.24. The van der Waals surface area contributed by atoms with Crippen LogP contribution in [0.1, 0.15) is 15.9 Å². The normalized spacial score (nSPS) is 11.0. The number of carbonyl (C=O) groups excluding carboxylic acids is 1. The van der Waals surface area contributed by atoms with Crippen LogP contribution in [-0.4, -0.2) is 32.5 Å². The molecule has 0 aliphatic rings. The maximum Gasteiger partial charge on any atom is 0.254 e. The molecule has 1 amide bonds. The first-order valence-corrected chi connectivity index (χ1v) is 9.02. The van der Waals surface area contributed by atoms with Crippen LogP contribution >= 0.6 is 15.9 Å². The Hall–Kier alpha value is -3.13. The van der Waals surface area contributed by atoms with Crippen LogP contribution in [0.5, 0.6) is 0 Å². The number of benzene rings is 1. The number of hydrogen-bond donors (Lipinski definition) is 1. The standard InChI is InChI=1S/C19H16BrN5O2/c1-24(11-12-5-3-2-4-6-12)19(26)13-9-16(21)25-17(10-13)22-18(23-25)14-7-8-15(20)27-14/h2-10H,11,21H2,1H3. The van der Waals surface area contributed by atoms with Gasteiger partial charge in [-0.3, -0.25) is 4.79 Å². The number of aromatic nitrogens is 3. The molecular formula is C19H16BrN5O2. The lowest BCUT2D eigenvalue weighted by Crippen LogP contribution is -2.26. The number of rotatable bonds is 4. The Morgan fingerprint density at radius 2 is 2.00 bits per heavy atom. The van der Waals surface area contributed by atoms with E-state index in [4.69, 9.17) is 10.2 Å². The van der Waals surface area contributed by atoms with Crippen LogP contribution in [0.2, 0.25) is 0 Å². The van der Waals surface area contributed by atoms with Crippen molar-refractivity contribution in [2.75, 3.05) is 12.8 Å². The van der Waals surface area contributed by atoms with Crippen molar-refractivity contribution in [3.8, 4) is 11.6 Å². The van der Waals surface area contributed by atoms with E-state index in [1.54, 1.807) is 36.2 Å². The van der Waals surface area contributed by atoms with Crippen molar-refractivity contribution in [2.45, 2.75) is 6.54 Å². The van der Waals surface area contributed by atoms with Gasteiger partial charge in [-0.1, -0.05) is 30.3 Å². The summed E-state index contributed by atoms with van der Waals surface area (Å²) in [6.07, 6.45) is 0. The number of nitrogens with two attached hydrogens (primary N) is 1. The number of anilines is 1. The highest BCUT2D eigenvalue weighted by atomic mass is 79.9. The summed E-state index contributed by atoms with van der Waals surface area (Å²) in [5.41, 5.74) is 8.08. The van der Waals surface area contributed by atoms with Crippen molar-refractivity contribution in [2.24, 2.45) is 0 Å². The summed E-state index contributed by atoms with van der Waals surface area (Å²) >= 11 is 3.26. The van der Waals surface area contributed by atoms with Crippen molar-refractivity contribution in [1.82, 2.24) is 19.5 Å². The molecule has 7 nitrogen and oxygen atoms in total. The van der Waals surface area contributed by atoms with Gasteiger partial charge in [0, 0.05) is 19.2 Å². The van der Waals surface area contributed by atoms with Gasteiger partial charge in [0.05, 0.1) is 0 Å². The number of nitrogens with zero attached hydrogens (tertiary/aromatic N) is 4. The van der Waals surface area contributed by atoms with Crippen molar-refractivity contribution >= 4 is 33.3 Å². The minimum absolute atomic E-state index is 0.140. The lowest BCUT2D eigenvalue weighted by atomic mass is 10.2. The molecule has 0 fully saturated rings. The summed E-state index contributed by atoms with van der Waals surface area (Å²) < 4.78 is 7.56. The van der Waals surface area contributed by atoms with E-state index in [-0.39, 0.29) is 5.91 Å². The highest BCUT2D eigenvalue weighted by molar-refractivity contribution is 9.10. The molecule has 0 saturated heterocycles. The lowest BCUT2D eigenvalue weighted by Gasteiger charge is -2.17. The molecule has 4 rings (SSSR count). The van der Waals surface area contributed by atoms with E-state index >= 15 is 0 Å². The Morgan fingerprint density at radius 1 is 1.22 bits per heavy atom. The second kappa shape index (κ2) is 6.88. The maximum atomic E-state index is 12.8. The highest BCUT2D eigenvalue weighted by Gasteiger charge is 2.17. The van der Waals surface area contributed by atoms with Gasteiger partial charge in [0.2, 0.25) is 5.82 Å². The fraction of sp³-hybridized carbons (Fsp3) is 0.105. The Balaban J connectivity index is 1.65. The second-order valence-corrected chi connectivity index (χ2v) is 6.91. The molecule has 136 valence electrons. The molecule has 0 atom stereocenters. The molecular weight excluding hydrogens is 410 g/mol. The van der Waals surface area contributed by atoms with E-state index in [9.17, 15) is 4.79 Å². The largest absolute Gasteiger partial charge is 0.446 e. The summed E-state index contributed by atoms with van der Waals surface area (Å²) in [6, 6.07) is 16.6. The molecule has 0 bridgehead atoms. The van der Waals surface area contributed by atoms with E-state index in [0.717, 1.165) is 5.56 Å². The minimum atomic E-state index is -0.140. The van der Waals surface area contributed by atoms with Gasteiger partial charge < -0.3 is 15.1 Å². The quantitative estimate of drug-likeness (QED) is 0.539. The fourth-order valence-corrected chi connectivity index (χ4v) is 3.13. The van der Waals surface area contributed by atoms with Gasteiger partial charge in [-0.15, -0.1) is 5.10 Å². The van der Waals surface area contributed by atoms with Crippen LogP contribution in [0.4, 0.5) is 5.82 Å². The molecule has 27 heavy (non-hydrogen) atoms. The van der Waals surface area contributed by atoms with E-state index in [2.05, 4.69) is 26.0 Å². The predicted molar refractivity (Wildman–Crippen MR) is 105 cm³/mol. The van der Waals surface area contributed by atoms with Crippen LogP contribution in [0, 0.1) is 0 Å². The summed E-state index contributed by atoms with van der Waals surface area (Å²) in [5, 5.41) is 4.35. The smallest absolute Gasteiger partial charge is 0.254 e. The SMILES string of the molecule is CN(Cc1ccccc1)C(=O)c1cc(N)n2nc(-c3ccc(Br)o3)nc2c1.